The van der Waals surface area contributed by atoms with Crippen molar-refractivity contribution in [3.8, 4) is 0 Å². The number of piperazine rings is 1. The maximum atomic E-state index is 11.4. The van der Waals surface area contributed by atoms with E-state index in [-0.39, 0.29) is 0 Å². The molecule has 2 aliphatic rings. The fourth-order valence-corrected chi connectivity index (χ4v) is 2.80. The number of nitrogens with one attached hydrogen (secondary N) is 1. The van der Waals surface area contributed by atoms with Gasteiger partial charge >= 0.3 is 5.97 Å². The average molecular weight is 283 g/mol. The van der Waals surface area contributed by atoms with E-state index in [4.69, 9.17) is 0 Å². The van der Waals surface area contributed by atoms with Crippen LogP contribution in [0.25, 0.3) is 0 Å². The maximum Gasteiger partial charge on any atom is 0.323 e. The number of rotatable bonds is 8. The molecule has 1 saturated carbocycles. The first-order chi connectivity index (χ1) is 9.49. The molecule has 1 heterocycles. The van der Waals surface area contributed by atoms with Crippen LogP contribution in [0.3, 0.4) is 0 Å². The lowest BCUT2D eigenvalue weighted by molar-refractivity contribution is -0.144. The number of carboxylic acids is 1. The standard InChI is InChI=1S/C15H29N3O2/c1-15(14(19)20,16-13-5-6-13)7-3-4-8-18-11-9-17(2)10-12-18/h13,16H,3-12H2,1-2H3,(H,19,20). The van der Waals surface area contributed by atoms with E-state index in [1.54, 1.807) is 0 Å². The maximum absolute atomic E-state index is 11.4. The largest absolute Gasteiger partial charge is 0.480 e. The number of nitrogens with zero attached hydrogens (tertiary/aromatic N) is 2. The van der Waals surface area contributed by atoms with E-state index in [0.717, 1.165) is 64.8 Å². The van der Waals surface area contributed by atoms with E-state index >= 15 is 0 Å². The molecule has 2 N–H and O–H groups in total. The van der Waals surface area contributed by atoms with Gasteiger partial charge in [0.2, 0.25) is 0 Å². The smallest absolute Gasteiger partial charge is 0.323 e. The molecular formula is C15H29N3O2. The molecule has 1 aliphatic carbocycles. The van der Waals surface area contributed by atoms with E-state index in [9.17, 15) is 9.90 Å². The van der Waals surface area contributed by atoms with E-state index in [2.05, 4.69) is 22.2 Å². The Morgan fingerprint density at radius 3 is 2.45 bits per heavy atom. The van der Waals surface area contributed by atoms with Gasteiger partial charge in [0.05, 0.1) is 0 Å². The van der Waals surface area contributed by atoms with E-state index in [1.807, 2.05) is 6.92 Å². The highest BCUT2D eigenvalue weighted by Crippen LogP contribution is 2.25. The molecule has 0 aromatic rings. The van der Waals surface area contributed by atoms with Gasteiger partial charge in [0.25, 0.3) is 0 Å². The van der Waals surface area contributed by atoms with Gasteiger partial charge in [-0.3, -0.25) is 10.1 Å². The molecule has 5 heteroatoms. The minimum atomic E-state index is -0.733. The fraction of sp³-hybridized carbons (Fsp3) is 0.933. The van der Waals surface area contributed by atoms with E-state index in [0.29, 0.717) is 6.04 Å². The van der Waals surface area contributed by atoms with Crippen molar-refractivity contribution in [2.45, 2.75) is 50.6 Å². The van der Waals surface area contributed by atoms with Crippen LogP contribution in [0, 0.1) is 0 Å². The minimum absolute atomic E-state index is 0.439. The highest BCUT2D eigenvalue weighted by molar-refractivity contribution is 5.78. The molecule has 20 heavy (non-hydrogen) atoms. The SMILES string of the molecule is CN1CCN(CCCCC(C)(NC2CC2)C(=O)O)CC1. The first-order valence-corrected chi connectivity index (χ1v) is 7.91. The topological polar surface area (TPSA) is 55.8 Å². The normalized spacial score (nSPS) is 24.5. The summed E-state index contributed by atoms with van der Waals surface area (Å²) in [6, 6.07) is 0.439. The Bertz CT molecular complexity index is 325. The summed E-state index contributed by atoms with van der Waals surface area (Å²) in [5, 5.41) is 12.7. The zero-order valence-electron chi connectivity index (χ0n) is 12.9. The molecule has 0 radical (unpaired) electrons. The summed E-state index contributed by atoms with van der Waals surface area (Å²) in [5.74, 6) is -0.705. The first-order valence-electron chi connectivity index (χ1n) is 7.91. The monoisotopic (exact) mass is 283 g/mol. The Morgan fingerprint density at radius 1 is 1.25 bits per heavy atom. The quantitative estimate of drug-likeness (QED) is 0.651. The summed E-state index contributed by atoms with van der Waals surface area (Å²) in [4.78, 5) is 16.3. The van der Waals surface area contributed by atoms with Gasteiger partial charge in [-0.25, -0.2) is 0 Å². The highest BCUT2D eigenvalue weighted by atomic mass is 16.4. The van der Waals surface area contributed by atoms with Crippen LogP contribution in [0.4, 0.5) is 0 Å². The third-order valence-electron chi connectivity index (χ3n) is 4.57. The number of hydrogen-bond acceptors (Lipinski definition) is 4. The van der Waals surface area contributed by atoms with E-state index in [1.165, 1.54) is 0 Å². The summed E-state index contributed by atoms with van der Waals surface area (Å²) in [5.41, 5.74) is -0.733. The van der Waals surface area contributed by atoms with Crippen LogP contribution in [0.2, 0.25) is 0 Å². The Kier molecular flexibility index (Phi) is 5.41. The summed E-state index contributed by atoms with van der Waals surface area (Å²) in [7, 11) is 2.17. The van der Waals surface area contributed by atoms with Gasteiger partial charge in [-0.05, 0) is 52.6 Å². The van der Waals surface area contributed by atoms with Gasteiger partial charge < -0.3 is 14.9 Å². The van der Waals surface area contributed by atoms with Crippen LogP contribution < -0.4 is 5.32 Å². The Labute approximate surface area is 122 Å². The number of hydrogen-bond donors (Lipinski definition) is 2. The van der Waals surface area contributed by atoms with Gasteiger partial charge in [0.15, 0.2) is 0 Å². The van der Waals surface area contributed by atoms with Crippen LogP contribution in [0.15, 0.2) is 0 Å². The molecule has 1 atom stereocenters. The molecule has 0 bridgehead atoms. The predicted octanol–water partition coefficient (Wildman–Crippen LogP) is 0.999. The number of likely N-dealkylation sites (N-methyl/N-ethyl adjacent to an activating group) is 1. The summed E-state index contributed by atoms with van der Waals surface area (Å²) < 4.78 is 0. The van der Waals surface area contributed by atoms with Gasteiger partial charge in [0.1, 0.15) is 5.54 Å². The molecule has 2 fully saturated rings. The van der Waals surface area contributed by atoms with Crippen molar-refractivity contribution >= 4 is 5.97 Å². The molecular weight excluding hydrogens is 254 g/mol. The zero-order chi connectivity index (χ0) is 14.6. The number of carbonyl (C=O) groups is 1. The molecule has 1 aliphatic heterocycles. The van der Waals surface area contributed by atoms with Gasteiger partial charge in [-0.1, -0.05) is 0 Å². The van der Waals surface area contributed by atoms with Crippen LogP contribution >= 0.6 is 0 Å². The van der Waals surface area contributed by atoms with Gasteiger partial charge in [-0.2, -0.15) is 0 Å². The van der Waals surface area contributed by atoms with Crippen molar-refractivity contribution in [2.24, 2.45) is 0 Å². The van der Waals surface area contributed by atoms with Gasteiger partial charge in [0, 0.05) is 32.2 Å². The Balaban J connectivity index is 1.64. The second-order valence-corrected chi connectivity index (χ2v) is 6.66. The number of unbranched alkanes of at least 4 members (excludes halogenated alkanes) is 1. The molecule has 116 valence electrons. The average Bonchev–Trinajstić information content (AvgIpc) is 3.20. The van der Waals surface area contributed by atoms with Crippen molar-refractivity contribution in [3.63, 3.8) is 0 Å². The lowest BCUT2D eigenvalue weighted by Crippen LogP contribution is -2.50. The minimum Gasteiger partial charge on any atom is -0.480 e. The van der Waals surface area contributed by atoms with Crippen molar-refractivity contribution in [1.82, 2.24) is 15.1 Å². The number of aliphatic carboxylic acids is 1. The van der Waals surface area contributed by atoms with E-state index < -0.39 is 11.5 Å². The Morgan fingerprint density at radius 2 is 1.90 bits per heavy atom. The second-order valence-electron chi connectivity index (χ2n) is 6.66. The Hall–Kier alpha value is -0.650. The van der Waals surface area contributed by atoms with Crippen molar-refractivity contribution in [3.05, 3.63) is 0 Å². The van der Waals surface area contributed by atoms with Crippen LogP contribution in [-0.2, 0) is 4.79 Å². The lowest BCUT2D eigenvalue weighted by atomic mass is 9.94. The van der Waals surface area contributed by atoms with Crippen LogP contribution in [0.5, 0.6) is 0 Å². The summed E-state index contributed by atoms with van der Waals surface area (Å²) >= 11 is 0. The molecule has 0 spiro atoms. The molecule has 0 amide bonds. The molecule has 0 aromatic carbocycles. The van der Waals surface area contributed by atoms with Crippen LogP contribution in [0.1, 0.15) is 39.0 Å². The molecule has 1 unspecified atom stereocenters. The fourth-order valence-electron chi connectivity index (χ4n) is 2.80. The number of carboxylic acid groups (broad SMARTS) is 1. The molecule has 2 rings (SSSR count). The highest BCUT2D eigenvalue weighted by Gasteiger charge is 2.37. The third-order valence-corrected chi connectivity index (χ3v) is 4.57. The third kappa shape index (κ3) is 4.72. The zero-order valence-corrected chi connectivity index (χ0v) is 12.9. The van der Waals surface area contributed by atoms with Crippen molar-refractivity contribution in [2.75, 3.05) is 39.8 Å². The first kappa shape index (κ1) is 15.7. The van der Waals surface area contributed by atoms with Crippen LogP contribution in [-0.4, -0.2) is 72.2 Å². The second kappa shape index (κ2) is 6.87. The molecule has 0 aromatic heterocycles. The predicted molar refractivity (Wildman–Crippen MR) is 80.0 cm³/mol. The van der Waals surface area contributed by atoms with Crippen molar-refractivity contribution < 1.29 is 9.90 Å². The van der Waals surface area contributed by atoms with Gasteiger partial charge in [-0.15, -0.1) is 0 Å². The van der Waals surface area contributed by atoms with Crippen molar-refractivity contribution in [1.29, 1.82) is 0 Å². The molecule has 5 nitrogen and oxygen atoms in total. The lowest BCUT2D eigenvalue weighted by Gasteiger charge is -2.32. The summed E-state index contributed by atoms with van der Waals surface area (Å²) in [6.07, 6.45) is 5.06. The molecule has 1 saturated heterocycles. The summed E-state index contributed by atoms with van der Waals surface area (Å²) in [6.45, 7) is 7.53.